The standard InChI is InChI=1S/C29H34N2O10/c1-18(2)26(32)38-20(5)16-36-28(34)40-30-24-11-7-22(8-12-24)15-23-9-13-25(14-10-23)31-41-29(35)37-17-21(6)39-27(33)19(3)4/h7-14,20-21,30-31H,1,3,15-17H2,2,4-6H3. The Morgan fingerprint density at radius 1 is 0.659 bits per heavy atom. The van der Waals surface area contributed by atoms with Crippen molar-refractivity contribution in [1.82, 2.24) is 0 Å². The maximum Gasteiger partial charge on any atom is 0.533 e. The van der Waals surface area contributed by atoms with Crippen LogP contribution in [0.4, 0.5) is 21.0 Å². The number of ether oxygens (including phenoxy) is 4. The lowest BCUT2D eigenvalue weighted by atomic mass is 10.0. The van der Waals surface area contributed by atoms with Crippen LogP contribution in [0.5, 0.6) is 0 Å². The zero-order valence-electron chi connectivity index (χ0n) is 23.4. The molecule has 0 aliphatic carbocycles. The highest BCUT2D eigenvalue weighted by Crippen LogP contribution is 2.16. The molecular formula is C29H34N2O10. The van der Waals surface area contributed by atoms with Crippen molar-refractivity contribution in [3.05, 3.63) is 84.0 Å². The van der Waals surface area contributed by atoms with E-state index in [1.807, 2.05) is 24.3 Å². The van der Waals surface area contributed by atoms with Crippen LogP contribution in [-0.2, 0) is 44.6 Å². The molecule has 0 fully saturated rings. The Bertz CT molecular complexity index is 1130. The van der Waals surface area contributed by atoms with E-state index in [2.05, 4.69) is 24.1 Å². The zero-order chi connectivity index (χ0) is 30.4. The fraction of sp³-hybridized carbons (Fsp3) is 0.310. The molecule has 2 unspecified atom stereocenters. The molecule has 0 aliphatic heterocycles. The zero-order valence-corrected chi connectivity index (χ0v) is 23.4. The predicted molar refractivity (Wildman–Crippen MR) is 149 cm³/mol. The first-order chi connectivity index (χ1) is 19.4. The Morgan fingerprint density at radius 2 is 1.00 bits per heavy atom. The normalized spacial score (nSPS) is 11.6. The largest absolute Gasteiger partial charge is 0.533 e. The van der Waals surface area contributed by atoms with Gasteiger partial charge in [0.2, 0.25) is 0 Å². The molecule has 0 radical (unpaired) electrons. The third-order valence-corrected chi connectivity index (χ3v) is 5.01. The predicted octanol–water partition coefficient (Wildman–Crippen LogP) is 5.25. The Balaban J connectivity index is 1.70. The second-order valence-corrected chi connectivity index (χ2v) is 9.09. The summed E-state index contributed by atoms with van der Waals surface area (Å²) in [5.74, 6) is -1.14. The lowest BCUT2D eigenvalue weighted by Gasteiger charge is -2.14. The van der Waals surface area contributed by atoms with Gasteiger partial charge in [0.1, 0.15) is 25.4 Å². The molecule has 2 aromatic carbocycles. The molecule has 0 saturated carbocycles. The van der Waals surface area contributed by atoms with Gasteiger partial charge in [-0.05, 0) is 69.5 Å². The molecule has 2 aromatic rings. The number of hydrogen-bond donors (Lipinski definition) is 2. The van der Waals surface area contributed by atoms with Gasteiger partial charge >= 0.3 is 24.2 Å². The van der Waals surface area contributed by atoms with E-state index in [1.54, 1.807) is 38.1 Å². The molecule has 0 bridgehead atoms. The SMILES string of the molecule is C=C(C)C(=O)OC(C)COC(=O)ONc1ccc(Cc2ccc(NOC(=O)OCC(C)OC(=O)C(=C)C)cc2)cc1. The Morgan fingerprint density at radius 3 is 1.32 bits per heavy atom. The summed E-state index contributed by atoms with van der Waals surface area (Å²) in [6.07, 6.45) is -2.64. The van der Waals surface area contributed by atoms with Crippen LogP contribution in [0.2, 0.25) is 0 Å². The van der Waals surface area contributed by atoms with E-state index in [0.29, 0.717) is 17.8 Å². The third kappa shape index (κ3) is 12.6. The first-order valence-electron chi connectivity index (χ1n) is 12.5. The maximum atomic E-state index is 11.8. The molecule has 0 spiro atoms. The highest BCUT2D eigenvalue weighted by Gasteiger charge is 2.15. The van der Waals surface area contributed by atoms with E-state index in [9.17, 15) is 19.2 Å². The summed E-state index contributed by atoms with van der Waals surface area (Å²) in [5, 5.41) is 0. The number of carbonyl (C=O) groups is 4. The van der Waals surface area contributed by atoms with Gasteiger partial charge in [0.25, 0.3) is 0 Å². The first kappa shape index (κ1) is 32.2. The number of esters is 2. The van der Waals surface area contributed by atoms with Crippen molar-refractivity contribution in [3.63, 3.8) is 0 Å². The molecule has 0 amide bonds. The average Bonchev–Trinajstić information content (AvgIpc) is 2.94. The molecule has 2 atom stereocenters. The molecule has 41 heavy (non-hydrogen) atoms. The Labute approximate surface area is 238 Å². The number of hydrogen-bond acceptors (Lipinski definition) is 12. The van der Waals surface area contributed by atoms with Crippen LogP contribution in [-0.4, -0.2) is 49.7 Å². The molecule has 12 nitrogen and oxygen atoms in total. The molecule has 0 saturated heterocycles. The minimum atomic E-state index is -0.975. The molecule has 2 rings (SSSR count). The van der Waals surface area contributed by atoms with E-state index in [0.717, 1.165) is 11.1 Å². The van der Waals surface area contributed by atoms with Gasteiger partial charge in [-0.3, -0.25) is 0 Å². The van der Waals surface area contributed by atoms with Crippen molar-refractivity contribution in [2.24, 2.45) is 0 Å². The second kappa shape index (κ2) is 16.2. The number of carbonyl (C=O) groups excluding carboxylic acids is 4. The van der Waals surface area contributed by atoms with Crippen molar-refractivity contribution in [2.45, 2.75) is 46.3 Å². The number of nitrogens with one attached hydrogen (secondary N) is 2. The van der Waals surface area contributed by atoms with Crippen molar-refractivity contribution in [1.29, 1.82) is 0 Å². The summed E-state index contributed by atoms with van der Waals surface area (Å²) in [6.45, 7) is 12.8. The van der Waals surface area contributed by atoms with Crippen LogP contribution in [0.15, 0.2) is 72.8 Å². The summed E-state index contributed by atoms with van der Waals surface area (Å²) in [4.78, 5) is 56.1. The van der Waals surface area contributed by atoms with Crippen LogP contribution >= 0.6 is 0 Å². The van der Waals surface area contributed by atoms with Gasteiger partial charge in [-0.25, -0.2) is 30.1 Å². The van der Waals surface area contributed by atoms with Gasteiger partial charge in [-0.2, -0.15) is 0 Å². The van der Waals surface area contributed by atoms with Crippen LogP contribution in [0, 0.1) is 0 Å². The third-order valence-electron chi connectivity index (χ3n) is 5.01. The van der Waals surface area contributed by atoms with Crippen LogP contribution < -0.4 is 11.0 Å². The molecule has 0 aliphatic rings. The number of rotatable bonds is 14. The highest BCUT2D eigenvalue weighted by atomic mass is 16.8. The average molecular weight is 571 g/mol. The lowest BCUT2D eigenvalue weighted by molar-refractivity contribution is -0.146. The van der Waals surface area contributed by atoms with Gasteiger partial charge in [-0.15, -0.1) is 0 Å². The van der Waals surface area contributed by atoms with Crippen LogP contribution in [0.3, 0.4) is 0 Å². The smallest absolute Gasteiger partial charge is 0.456 e. The highest BCUT2D eigenvalue weighted by molar-refractivity contribution is 5.87. The van der Waals surface area contributed by atoms with E-state index in [1.165, 1.54) is 13.8 Å². The van der Waals surface area contributed by atoms with Crippen LogP contribution in [0.1, 0.15) is 38.8 Å². The summed E-state index contributed by atoms with van der Waals surface area (Å²) >= 11 is 0. The van der Waals surface area contributed by atoms with Gasteiger partial charge in [0.05, 0.1) is 11.4 Å². The van der Waals surface area contributed by atoms with E-state index < -0.39 is 36.5 Å². The van der Waals surface area contributed by atoms with Crippen molar-refractivity contribution < 1.29 is 47.8 Å². The topological polar surface area (TPSA) is 148 Å². The summed E-state index contributed by atoms with van der Waals surface area (Å²) < 4.78 is 19.8. The van der Waals surface area contributed by atoms with Gasteiger partial charge in [-0.1, -0.05) is 37.4 Å². The number of benzene rings is 2. The molecular weight excluding hydrogens is 536 g/mol. The summed E-state index contributed by atoms with van der Waals surface area (Å²) in [7, 11) is 0. The number of anilines is 2. The van der Waals surface area contributed by atoms with Crippen molar-refractivity contribution in [2.75, 3.05) is 24.2 Å². The van der Waals surface area contributed by atoms with E-state index in [4.69, 9.17) is 28.6 Å². The molecule has 12 heteroatoms. The van der Waals surface area contributed by atoms with Crippen molar-refractivity contribution >= 4 is 35.6 Å². The molecule has 0 heterocycles. The molecule has 220 valence electrons. The lowest BCUT2D eigenvalue weighted by Crippen LogP contribution is -2.23. The first-order valence-corrected chi connectivity index (χ1v) is 12.5. The Kier molecular flexibility index (Phi) is 12.7. The van der Waals surface area contributed by atoms with Gasteiger partial charge < -0.3 is 28.6 Å². The summed E-state index contributed by atoms with van der Waals surface area (Å²) in [6, 6.07) is 14.4. The van der Waals surface area contributed by atoms with E-state index in [-0.39, 0.29) is 24.4 Å². The monoisotopic (exact) mass is 570 g/mol. The fourth-order valence-electron chi connectivity index (χ4n) is 2.88. The quantitative estimate of drug-likeness (QED) is 0.132. The minimum Gasteiger partial charge on any atom is -0.456 e. The fourth-order valence-corrected chi connectivity index (χ4v) is 2.88. The van der Waals surface area contributed by atoms with Gasteiger partial charge in [0, 0.05) is 11.1 Å². The molecule has 0 aromatic heterocycles. The molecule has 2 N–H and O–H groups in total. The van der Waals surface area contributed by atoms with E-state index >= 15 is 0 Å². The van der Waals surface area contributed by atoms with Crippen molar-refractivity contribution in [3.8, 4) is 0 Å². The Hall–Kier alpha value is -5.00. The maximum absolute atomic E-state index is 11.8. The summed E-state index contributed by atoms with van der Waals surface area (Å²) in [5.41, 5.74) is 8.53. The second-order valence-electron chi connectivity index (χ2n) is 9.09. The van der Waals surface area contributed by atoms with Crippen LogP contribution in [0.25, 0.3) is 0 Å². The minimum absolute atomic E-state index is 0.170. The van der Waals surface area contributed by atoms with Gasteiger partial charge in [0.15, 0.2) is 0 Å².